The van der Waals surface area contributed by atoms with E-state index < -0.39 is 24.0 Å². The van der Waals surface area contributed by atoms with Crippen LogP contribution < -0.4 is 5.32 Å². The van der Waals surface area contributed by atoms with Gasteiger partial charge in [0.15, 0.2) is 0 Å². The molecule has 1 heterocycles. The minimum atomic E-state index is -5.06. The van der Waals surface area contributed by atoms with E-state index in [0.717, 1.165) is 0 Å². The molecule has 0 aliphatic rings. The van der Waals surface area contributed by atoms with Gasteiger partial charge in [-0.2, -0.15) is 13.2 Å². The van der Waals surface area contributed by atoms with E-state index in [1.807, 2.05) is 0 Å². The topological polar surface area (TPSA) is 92.2 Å². The first kappa shape index (κ1) is 13.9. The van der Waals surface area contributed by atoms with Crippen LogP contribution in [0.1, 0.15) is 21.7 Å². The summed E-state index contributed by atoms with van der Waals surface area (Å²) in [5.74, 6) is -4.10. The van der Waals surface area contributed by atoms with Crippen LogP contribution >= 0.6 is 0 Å². The van der Waals surface area contributed by atoms with Gasteiger partial charge in [0.2, 0.25) is 5.95 Å². The first-order chi connectivity index (χ1) is 8.12. The van der Waals surface area contributed by atoms with E-state index in [2.05, 4.69) is 9.97 Å². The summed E-state index contributed by atoms with van der Waals surface area (Å²) in [6.07, 6.45) is -5.06. The van der Waals surface area contributed by atoms with Crippen LogP contribution in [0, 0.1) is 13.8 Å². The summed E-state index contributed by atoms with van der Waals surface area (Å²) in [4.78, 5) is 28.4. The lowest BCUT2D eigenvalue weighted by molar-refractivity contribution is -0.167. The molecule has 1 aromatic rings. The maximum absolute atomic E-state index is 12.0. The number of hydrogen-bond donors (Lipinski definition) is 2. The fraction of sp³-hybridized carbons (Fsp3) is 0.333. The third kappa shape index (κ3) is 2.93. The van der Waals surface area contributed by atoms with E-state index in [4.69, 9.17) is 5.11 Å². The van der Waals surface area contributed by atoms with E-state index >= 15 is 0 Å². The maximum atomic E-state index is 12.0. The Morgan fingerprint density at radius 1 is 1.17 bits per heavy atom. The van der Waals surface area contributed by atoms with Crippen LogP contribution in [0.25, 0.3) is 0 Å². The second-order valence-corrected chi connectivity index (χ2v) is 3.35. The molecule has 6 nitrogen and oxygen atoms in total. The second-order valence-electron chi connectivity index (χ2n) is 3.35. The number of rotatable bonds is 2. The van der Waals surface area contributed by atoms with Gasteiger partial charge in [0, 0.05) is 0 Å². The van der Waals surface area contributed by atoms with Crippen LogP contribution in [-0.2, 0) is 4.79 Å². The number of anilines is 1. The minimum absolute atomic E-state index is 0.0347. The fourth-order valence-corrected chi connectivity index (χ4v) is 1.25. The number of hydrogen-bond acceptors (Lipinski definition) is 4. The number of carbonyl (C=O) groups is 2. The number of alkyl halides is 3. The van der Waals surface area contributed by atoms with E-state index in [0.29, 0.717) is 0 Å². The van der Waals surface area contributed by atoms with Crippen molar-refractivity contribution in [3.63, 3.8) is 0 Å². The van der Waals surface area contributed by atoms with Crippen molar-refractivity contribution in [3.8, 4) is 0 Å². The van der Waals surface area contributed by atoms with Crippen molar-refractivity contribution < 1.29 is 27.9 Å². The van der Waals surface area contributed by atoms with Crippen molar-refractivity contribution in [3.05, 3.63) is 17.0 Å². The molecule has 0 fully saturated rings. The Morgan fingerprint density at radius 3 is 1.94 bits per heavy atom. The normalized spacial score (nSPS) is 11.2. The monoisotopic (exact) mass is 263 g/mol. The summed E-state index contributed by atoms with van der Waals surface area (Å²) >= 11 is 0. The molecular formula is C9H8F3N3O3. The largest absolute Gasteiger partial charge is 0.478 e. The molecule has 0 radical (unpaired) electrons. The molecule has 1 aromatic heterocycles. The average Bonchev–Trinajstić information content (AvgIpc) is 2.13. The highest BCUT2D eigenvalue weighted by Gasteiger charge is 2.39. The molecule has 9 heteroatoms. The number of halogens is 3. The van der Waals surface area contributed by atoms with Gasteiger partial charge in [-0.1, -0.05) is 0 Å². The number of nitrogens with one attached hydrogen (secondary N) is 1. The summed E-state index contributed by atoms with van der Waals surface area (Å²) in [6, 6.07) is 0. The standard InChI is InChI=1S/C9H8F3N3O3/c1-3-5(6(16)17)4(2)14-8(13-3)15-7(18)9(10,11)12/h1-2H3,(H,16,17)(H,13,14,15,18). The molecule has 18 heavy (non-hydrogen) atoms. The summed E-state index contributed by atoms with van der Waals surface area (Å²) in [7, 11) is 0. The fourth-order valence-electron chi connectivity index (χ4n) is 1.25. The average molecular weight is 263 g/mol. The lowest BCUT2D eigenvalue weighted by Gasteiger charge is -2.09. The number of aromatic carboxylic acids is 1. The lowest BCUT2D eigenvalue weighted by Crippen LogP contribution is -2.31. The van der Waals surface area contributed by atoms with Gasteiger partial charge in [-0.25, -0.2) is 14.8 Å². The van der Waals surface area contributed by atoms with E-state index in [1.165, 1.54) is 19.2 Å². The molecule has 0 saturated carbocycles. The zero-order valence-corrected chi connectivity index (χ0v) is 9.29. The Balaban J connectivity index is 3.08. The molecule has 0 bridgehead atoms. The first-order valence-corrected chi connectivity index (χ1v) is 4.59. The number of nitrogens with zero attached hydrogens (tertiary/aromatic N) is 2. The summed E-state index contributed by atoms with van der Waals surface area (Å²) < 4.78 is 35.9. The molecule has 0 atom stereocenters. The quantitative estimate of drug-likeness (QED) is 0.838. The SMILES string of the molecule is Cc1nc(NC(=O)C(F)(F)F)nc(C)c1C(=O)O. The van der Waals surface area contributed by atoms with Gasteiger partial charge >= 0.3 is 18.1 Å². The molecule has 98 valence electrons. The van der Waals surface area contributed by atoms with Crippen LogP contribution in [0.4, 0.5) is 19.1 Å². The first-order valence-electron chi connectivity index (χ1n) is 4.59. The van der Waals surface area contributed by atoms with Gasteiger partial charge in [-0.3, -0.25) is 10.1 Å². The van der Waals surface area contributed by atoms with Gasteiger partial charge in [-0.05, 0) is 13.8 Å². The number of aryl methyl sites for hydroxylation is 2. The molecule has 0 saturated heterocycles. The van der Waals surface area contributed by atoms with E-state index in [1.54, 1.807) is 0 Å². The van der Waals surface area contributed by atoms with Crippen molar-refractivity contribution in [2.45, 2.75) is 20.0 Å². The third-order valence-electron chi connectivity index (χ3n) is 1.97. The zero-order valence-electron chi connectivity index (χ0n) is 9.29. The highest BCUT2D eigenvalue weighted by molar-refractivity contribution is 5.94. The number of amides is 1. The predicted molar refractivity (Wildman–Crippen MR) is 53.2 cm³/mol. The van der Waals surface area contributed by atoms with Crippen molar-refractivity contribution >= 4 is 17.8 Å². The zero-order chi connectivity index (χ0) is 14.1. The van der Waals surface area contributed by atoms with Crippen molar-refractivity contribution in [1.29, 1.82) is 0 Å². The molecule has 0 aliphatic heterocycles. The molecule has 1 amide bonds. The lowest BCUT2D eigenvalue weighted by atomic mass is 10.2. The van der Waals surface area contributed by atoms with Gasteiger partial charge in [0.25, 0.3) is 0 Å². The smallest absolute Gasteiger partial charge is 0.471 e. The minimum Gasteiger partial charge on any atom is -0.478 e. The predicted octanol–water partition coefficient (Wildman–Crippen LogP) is 1.29. The molecule has 0 aromatic carbocycles. The van der Waals surface area contributed by atoms with Gasteiger partial charge in [0.05, 0.1) is 11.4 Å². The van der Waals surface area contributed by atoms with Gasteiger partial charge in [0.1, 0.15) is 5.56 Å². The van der Waals surface area contributed by atoms with Crippen molar-refractivity contribution in [2.24, 2.45) is 0 Å². The molecule has 1 rings (SSSR count). The van der Waals surface area contributed by atoms with Gasteiger partial charge < -0.3 is 5.11 Å². The Kier molecular flexibility index (Phi) is 3.54. The van der Waals surface area contributed by atoms with Crippen molar-refractivity contribution in [2.75, 3.05) is 5.32 Å². The van der Waals surface area contributed by atoms with E-state index in [9.17, 15) is 22.8 Å². The highest BCUT2D eigenvalue weighted by Crippen LogP contribution is 2.18. The number of carbonyl (C=O) groups excluding carboxylic acids is 1. The summed E-state index contributed by atoms with van der Waals surface area (Å²) in [6.45, 7) is 2.59. The highest BCUT2D eigenvalue weighted by atomic mass is 19.4. The Morgan fingerprint density at radius 2 is 1.61 bits per heavy atom. The summed E-state index contributed by atoms with van der Waals surface area (Å²) in [5.41, 5.74) is -0.278. The Bertz CT molecular complexity index is 491. The van der Waals surface area contributed by atoms with E-state index in [-0.39, 0.29) is 17.0 Å². The third-order valence-corrected chi connectivity index (χ3v) is 1.97. The Hall–Kier alpha value is -2.19. The van der Waals surface area contributed by atoms with Crippen LogP contribution in [0.15, 0.2) is 0 Å². The van der Waals surface area contributed by atoms with Crippen LogP contribution in [0.5, 0.6) is 0 Å². The van der Waals surface area contributed by atoms with Crippen molar-refractivity contribution in [1.82, 2.24) is 9.97 Å². The van der Waals surface area contributed by atoms with Crippen LogP contribution in [0.2, 0.25) is 0 Å². The maximum Gasteiger partial charge on any atom is 0.471 e. The summed E-state index contributed by atoms with van der Waals surface area (Å²) in [5, 5.41) is 10.3. The Labute approximate surface area is 98.9 Å². The number of carboxylic acid groups (broad SMARTS) is 1. The molecular weight excluding hydrogens is 255 g/mol. The van der Waals surface area contributed by atoms with Crippen LogP contribution in [0.3, 0.4) is 0 Å². The molecule has 2 N–H and O–H groups in total. The molecule has 0 spiro atoms. The number of aromatic nitrogens is 2. The number of carboxylic acids is 1. The molecule has 0 unspecified atom stereocenters. The van der Waals surface area contributed by atoms with Gasteiger partial charge in [-0.15, -0.1) is 0 Å². The molecule has 0 aliphatic carbocycles. The second kappa shape index (κ2) is 4.59. The van der Waals surface area contributed by atoms with Crippen LogP contribution in [-0.4, -0.2) is 33.1 Å².